The summed E-state index contributed by atoms with van der Waals surface area (Å²) < 4.78 is 0. The molecule has 0 bridgehead atoms. The fourth-order valence-electron chi connectivity index (χ4n) is 0. The van der Waals surface area contributed by atoms with Crippen LogP contribution in [-0.2, 0) is 19.5 Å². The maximum Gasteiger partial charge on any atom is 2.00 e. The van der Waals surface area contributed by atoms with Gasteiger partial charge in [0.05, 0.1) is 0 Å². The number of hydrogen-bond donors (Lipinski definition) is 0. The molecular formula is C6H9ClZn. The molecule has 8 heavy (non-hydrogen) atoms. The zero-order chi connectivity index (χ0) is 5.21. The Bertz CT molecular complexity index is 75.5. The topological polar surface area (TPSA) is 0 Å². The second kappa shape index (κ2) is 5.61. The van der Waals surface area contributed by atoms with Crippen LogP contribution in [0.4, 0.5) is 0 Å². The summed E-state index contributed by atoms with van der Waals surface area (Å²) in [5, 5.41) is 0. The Labute approximate surface area is 70.6 Å². The van der Waals surface area contributed by atoms with E-state index in [1.165, 1.54) is 0 Å². The molecule has 0 heterocycles. The van der Waals surface area contributed by atoms with Crippen molar-refractivity contribution in [1.82, 2.24) is 0 Å². The molecule has 0 saturated heterocycles. The summed E-state index contributed by atoms with van der Waals surface area (Å²) in [6.07, 6.45) is 6.60. The molecule has 0 N–H and O–H groups in total. The molecule has 0 unspecified atom stereocenters. The Hall–Kier alpha value is 0.473. The molecule has 0 radical (unpaired) electrons. The van der Waals surface area contributed by atoms with Gasteiger partial charge in [0.15, 0.2) is 0 Å². The first kappa shape index (κ1) is 15.8. The van der Waals surface area contributed by atoms with Crippen LogP contribution in [0.2, 0.25) is 0 Å². The Balaban J connectivity index is -0.000000125. The molecule has 0 atom stereocenters. The fourth-order valence-corrected chi connectivity index (χ4v) is 0. The molecule has 0 aromatic rings. The Morgan fingerprint density at radius 3 is 1.38 bits per heavy atom. The third kappa shape index (κ3) is 16.1. The van der Waals surface area contributed by atoms with Gasteiger partial charge in [0.2, 0.25) is 0 Å². The molecule has 0 nitrogen and oxygen atoms in total. The van der Waals surface area contributed by atoms with Crippen molar-refractivity contribution in [2.45, 2.75) is 20.8 Å². The van der Waals surface area contributed by atoms with Crippen LogP contribution >= 0.6 is 0 Å². The quantitative estimate of drug-likeness (QED) is 0.246. The van der Waals surface area contributed by atoms with Gasteiger partial charge in [-0.3, -0.25) is 0 Å². The van der Waals surface area contributed by atoms with Crippen molar-refractivity contribution in [3.63, 3.8) is 0 Å². The predicted molar refractivity (Wildman–Crippen MR) is 26.6 cm³/mol. The molecule has 0 aromatic heterocycles. The van der Waals surface area contributed by atoms with Crippen LogP contribution in [0.3, 0.4) is 0 Å². The van der Waals surface area contributed by atoms with Crippen molar-refractivity contribution in [3.8, 4) is 5.92 Å². The summed E-state index contributed by atoms with van der Waals surface area (Å²) in [5.41, 5.74) is -0.0417. The van der Waals surface area contributed by atoms with E-state index in [2.05, 4.69) is 5.92 Å². The first-order valence-electron chi connectivity index (χ1n) is 2.00. The van der Waals surface area contributed by atoms with Gasteiger partial charge < -0.3 is 24.8 Å². The average molecular weight is 182 g/mol. The second-order valence-corrected chi connectivity index (χ2v) is 2.38. The first-order chi connectivity index (χ1) is 2.56. The summed E-state index contributed by atoms with van der Waals surface area (Å²) in [4.78, 5) is 0. The zero-order valence-corrected chi connectivity index (χ0v) is 9.31. The molecular weight excluding hydrogens is 173 g/mol. The standard InChI is InChI=1S/C6H9.ClH.Zn/c1-5-6(2,3)4;;/h2-4H3;1H;/q-1;;+2/p-1. The molecule has 0 aromatic carbocycles. The maximum atomic E-state index is 6.60. The molecule has 0 aliphatic heterocycles. The van der Waals surface area contributed by atoms with Crippen molar-refractivity contribution < 1.29 is 31.9 Å². The van der Waals surface area contributed by atoms with Crippen LogP contribution in [0.5, 0.6) is 0 Å². The largest absolute Gasteiger partial charge is 2.00 e. The molecule has 0 aliphatic rings. The normalized spacial score (nSPS) is 7.75. The van der Waals surface area contributed by atoms with E-state index in [1.807, 2.05) is 20.8 Å². The SMILES string of the molecule is [C-]#CC(C)(C)C.[Cl-].[Zn+2]. The molecule has 0 amide bonds. The van der Waals surface area contributed by atoms with E-state index < -0.39 is 0 Å². The molecule has 0 fully saturated rings. The molecule has 2 heteroatoms. The van der Waals surface area contributed by atoms with Crippen LogP contribution in [0.25, 0.3) is 0 Å². The van der Waals surface area contributed by atoms with Crippen LogP contribution in [0, 0.1) is 17.8 Å². The first-order valence-corrected chi connectivity index (χ1v) is 2.00. The number of rotatable bonds is 0. The summed E-state index contributed by atoms with van der Waals surface area (Å²) in [6.45, 7) is 5.83. The van der Waals surface area contributed by atoms with Crippen molar-refractivity contribution in [3.05, 3.63) is 6.42 Å². The van der Waals surface area contributed by atoms with Gasteiger partial charge in [-0.05, 0) is 5.41 Å². The van der Waals surface area contributed by atoms with E-state index in [-0.39, 0.29) is 37.3 Å². The third-order valence-corrected chi connectivity index (χ3v) is 0.375. The van der Waals surface area contributed by atoms with Crippen molar-refractivity contribution in [2.24, 2.45) is 5.41 Å². The molecule has 42 valence electrons. The minimum atomic E-state index is -0.0417. The van der Waals surface area contributed by atoms with Crippen molar-refractivity contribution >= 4 is 0 Å². The van der Waals surface area contributed by atoms with Gasteiger partial charge in [0.25, 0.3) is 0 Å². The van der Waals surface area contributed by atoms with Gasteiger partial charge in [-0.25, -0.2) is 0 Å². The fraction of sp³-hybridized carbons (Fsp3) is 0.667. The van der Waals surface area contributed by atoms with Gasteiger partial charge in [-0.2, -0.15) is 0 Å². The third-order valence-electron chi connectivity index (χ3n) is 0.375. The van der Waals surface area contributed by atoms with Crippen molar-refractivity contribution in [2.75, 3.05) is 0 Å². The van der Waals surface area contributed by atoms with Gasteiger partial charge in [0.1, 0.15) is 0 Å². The predicted octanol–water partition coefficient (Wildman–Crippen LogP) is -1.38. The smallest absolute Gasteiger partial charge is 1.00 e. The Kier molecular flexibility index (Phi) is 11.1. The molecule has 0 spiro atoms. The zero-order valence-electron chi connectivity index (χ0n) is 5.59. The van der Waals surface area contributed by atoms with Crippen LogP contribution in [0.1, 0.15) is 20.8 Å². The summed E-state index contributed by atoms with van der Waals surface area (Å²) in [7, 11) is 0. The van der Waals surface area contributed by atoms with Crippen molar-refractivity contribution in [1.29, 1.82) is 0 Å². The summed E-state index contributed by atoms with van der Waals surface area (Å²) >= 11 is 0. The Morgan fingerprint density at radius 1 is 1.25 bits per heavy atom. The second-order valence-electron chi connectivity index (χ2n) is 2.38. The van der Waals surface area contributed by atoms with E-state index in [1.54, 1.807) is 0 Å². The molecule has 0 rings (SSSR count). The van der Waals surface area contributed by atoms with Gasteiger partial charge in [-0.1, -0.05) is 20.8 Å². The van der Waals surface area contributed by atoms with Gasteiger partial charge >= 0.3 is 19.5 Å². The van der Waals surface area contributed by atoms with Crippen LogP contribution < -0.4 is 12.4 Å². The molecule has 0 aliphatic carbocycles. The monoisotopic (exact) mass is 180 g/mol. The average Bonchev–Trinajstić information content (AvgIpc) is 1.35. The van der Waals surface area contributed by atoms with Gasteiger partial charge in [-0.15, -0.1) is 0 Å². The van der Waals surface area contributed by atoms with E-state index in [9.17, 15) is 0 Å². The van der Waals surface area contributed by atoms with E-state index in [4.69, 9.17) is 6.42 Å². The minimum Gasteiger partial charge on any atom is -1.00 e. The van der Waals surface area contributed by atoms with Gasteiger partial charge in [0, 0.05) is 0 Å². The van der Waals surface area contributed by atoms with E-state index in [0.717, 1.165) is 0 Å². The van der Waals surface area contributed by atoms with Crippen LogP contribution in [-0.4, -0.2) is 0 Å². The van der Waals surface area contributed by atoms with E-state index in [0.29, 0.717) is 0 Å². The number of hydrogen-bond acceptors (Lipinski definition) is 0. The maximum absolute atomic E-state index is 6.60. The van der Waals surface area contributed by atoms with E-state index >= 15 is 0 Å². The number of halogens is 1. The summed E-state index contributed by atoms with van der Waals surface area (Å²) in [6, 6.07) is 0. The molecule has 0 saturated carbocycles. The minimum absolute atomic E-state index is 0. The summed E-state index contributed by atoms with van der Waals surface area (Å²) in [5.74, 6) is 2.35. The Morgan fingerprint density at radius 2 is 1.38 bits per heavy atom. The van der Waals surface area contributed by atoms with Crippen LogP contribution in [0.15, 0.2) is 0 Å².